The number of esters is 1. The van der Waals surface area contributed by atoms with Crippen molar-refractivity contribution in [2.24, 2.45) is 0 Å². The molecule has 0 aliphatic rings. The van der Waals surface area contributed by atoms with Gasteiger partial charge in [-0.1, -0.05) is 31.2 Å². The summed E-state index contributed by atoms with van der Waals surface area (Å²) in [6, 6.07) is 9.06. The second-order valence-electron chi connectivity index (χ2n) is 5.74. The number of nitrogens with zero attached hydrogens (tertiary/aromatic N) is 4. The minimum Gasteiger partial charge on any atom is -0.451 e. The number of hydrogen-bond donors (Lipinski definition) is 0. The highest BCUT2D eigenvalue weighted by molar-refractivity contribution is 5.98. The lowest BCUT2D eigenvalue weighted by molar-refractivity contribution is 0.0463. The molecule has 25 heavy (non-hydrogen) atoms. The fraction of sp³-hybridized carbons (Fsp3) is 0.278. The third kappa shape index (κ3) is 3.55. The second-order valence-corrected chi connectivity index (χ2v) is 5.74. The number of ketones is 1. The number of benzene rings is 1. The van der Waals surface area contributed by atoms with Crippen molar-refractivity contribution >= 4 is 17.5 Å². The number of ether oxygens (including phenoxy) is 1. The molecule has 2 heterocycles. The molecular weight excluding hydrogens is 320 g/mol. The number of carbonyl (C=O) groups is 2. The van der Waals surface area contributed by atoms with Gasteiger partial charge < -0.3 is 4.74 Å². The highest BCUT2D eigenvalue weighted by Gasteiger charge is 2.18. The average molecular weight is 338 g/mol. The molecule has 0 aliphatic carbocycles. The van der Waals surface area contributed by atoms with Crippen LogP contribution in [0.2, 0.25) is 0 Å². The number of carbonyl (C=O) groups excluding carboxylic acids is 2. The van der Waals surface area contributed by atoms with Crippen LogP contribution < -0.4 is 0 Å². The van der Waals surface area contributed by atoms with Crippen LogP contribution in [0.3, 0.4) is 0 Å². The predicted molar refractivity (Wildman–Crippen MR) is 90.7 cm³/mol. The Bertz CT molecular complexity index is 945. The third-order valence-corrected chi connectivity index (χ3v) is 3.82. The lowest BCUT2D eigenvalue weighted by Gasteiger charge is -2.03. The average Bonchev–Trinajstić information content (AvgIpc) is 3.04. The van der Waals surface area contributed by atoms with Crippen molar-refractivity contribution in [2.45, 2.75) is 27.2 Å². The Morgan fingerprint density at radius 2 is 1.84 bits per heavy atom. The van der Waals surface area contributed by atoms with Gasteiger partial charge in [0.25, 0.3) is 11.6 Å². The van der Waals surface area contributed by atoms with E-state index in [-0.39, 0.29) is 18.2 Å². The van der Waals surface area contributed by atoms with Crippen LogP contribution in [0.15, 0.2) is 30.3 Å². The maximum atomic E-state index is 12.1. The summed E-state index contributed by atoms with van der Waals surface area (Å²) in [4.78, 5) is 32.5. The summed E-state index contributed by atoms with van der Waals surface area (Å²) in [7, 11) is 0. The zero-order chi connectivity index (χ0) is 18.0. The summed E-state index contributed by atoms with van der Waals surface area (Å²) < 4.78 is 6.51. The minimum atomic E-state index is -0.749. The molecule has 3 aromatic rings. The monoisotopic (exact) mass is 338 g/mol. The Morgan fingerprint density at radius 1 is 1.12 bits per heavy atom. The smallest absolute Gasteiger partial charge is 0.378 e. The van der Waals surface area contributed by atoms with Gasteiger partial charge in [-0.2, -0.15) is 4.98 Å². The summed E-state index contributed by atoms with van der Waals surface area (Å²) in [6.07, 6.45) is 0.899. The van der Waals surface area contributed by atoms with Gasteiger partial charge >= 0.3 is 5.97 Å². The summed E-state index contributed by atoms with van der Waals surface area (Å²) in [5, 5.41) is 4.08. The van der Waals surface area contributed by atoms with Crippen LogP contribution in [-0.4, -0.2) is 37.9 Å². The van der Waals surface area contributed by atoms with Gasteiger partial charge in [-0.25, -0.2) is 14.3 Å². The Balaban J connectivity index is 1.69. The van der Waals surface area contributed by atoms with Crippen molar-refractivity contribution in [3.63, 3.8) is 0 Å². The normalized spacial score (nSPS) is 10.8. The SMILES string of the molecule is CCc1ccc(C(=O)COC(=O)c2nc3nc(C)cc(C)n3n2)cc1. The highest BCUT2D eigenvalue weighted by Crippen LogP contribution is 2.08. The predicted octanol–water partition coefficient (Wildman–Crippen LogP) is 2.34. The molecule has 0 saturated carbocycles. The molecule has 0 atom stereocenters. The molecule has 0 spiro atoms. The molecule has 1 aromatic carbocycles. The minimum absolute atomic E-state index is 0.115. The number of rotatable bonds is 5. The van der Waals surface area contributed by atoms with Crippen LogP contribution in [0.25, 0.3) is 5.78 Å². The number of fused-ring (bicyclic) bond motifs is 1. The first-order valence-electron chi connectivity index (χ1n) is 7.98. The summed E-state index contributed by atoms with van der Waals surface area (Å²) >= 11 is 0. The first kappa shape index (κ1) is 16.8. The van der Waals surface area contributed by atoms with Crippen molar-refractivity contribution in [1.29, 1.82) is 0 Å². The van der Waals surface area contributed by atoms with Crippen molar-refractivity contribution < 1.29 is 14.3 Å². The van der Waals surface area contributed by atoms with Crippen molar-refractivity contribution in [3.05, 3.63) is 58.7 Å². The standard InChI is InChI=1S/C18H18N4O3/c1-4-13-5-7-14(8-6-13)15(23)10-25-17(24)16-20-18-19-11(2)9-12(3)22(18)21-16/h5-9H,4,10H2,1-3H3. The van der Waals surface area contributed by atoms with Crippen LogP contribution in [0.4, 0.5) is 0 Å². The molecule has 0 amide bonds. The van der Waals surface area contributed by atoms with E-state index in [4.69, 9.17) is 4.74 Å². The van der Waals surface area contributed by atoms with Crippen molar-refractivity contribution in [1.82, 2.24) is 19.6 Å². The third-order valence-electron chi connectivity index (χ3n) is 3.82. The molecule has 0 unspecified atom stereocenters. The van der Waals surface area contributed by atoms with E-state index in [0.29, 0.717) is 11.3 Å². The number of hydrogen-bond acceptors (Lipinski definition) is 6. The first-order valence-corrected chi connectivity index (χ1v) is 7.98. The van der Waals surface area contributed by atoms with Gasteiger partial charge in [0.05, 0.1) is 0 Å². The molecule has 0 fully saturated rings. The molecule has 7 nitrogen and oxygen atoms in total. The van der Waals surface area contributed by atoms with E-state index in [1.165, 1.54) is 4.52 Å². The number of aromatic nitrogens is 4. The van der Waals surface area contributed by atoms with Crippen LogP contribution >= 0.6 is 0 Å². The van der Waals surface area contributed by atoms with Gasteiger partial charge in [-0.05, 0) is 31.9 Å². The Morgan fingerprint density at radius 3 is 2.52 bits per heavy atom. The quantitative estimate of drug-likeness (QED) is 0.524. The van der Waals surface area contributed by atoms with E-state index in [1.807, 2.05) is 39.0 Å². The van der Waals surface area contributed by atoms with E-state index in [1.54, 1.807) is 12.1 Å². The maximum Gasteiger partial charge on any atom is 0.378 e. The molecule has 0 bridgehead atoms. The van der Waals surface area contributed by atoms with Crippen LogP contribution in [0.1, 0.15) is 44.9 Å². The summed E-state index contributed by atoms with van der Waals surface area (Å²) in [5.41, 5.74) is 3.23. The summed E-state index contributed by atoms with van der Waals surface area (Å²) in [5.74, 6) is -0.813. The van der Waals surface area contributed by atoms with Gasteiger partial charge in [0.1, 0.15) is 0 Å². The molecule has 2 aromatic heterocycles. The van der Waals surface area contributed by atoms with E-state index in [9.17, 15) is 9.59 Å². The second kappa shape index (κ2) is 6.80. The molecule has 0 N–H and O–H groups in total. The zero-order valence-electron chi connectivity index (χ0n) is 14.3. The van der Waals surface area contributed by atoms with Crippen LogP contribution in [0.5, 0.6) is 0 Å². The van der Waals surface area contributed by atoms with E-state index in [0.717, 1.165) is 23.4 Å². The summed E-state index contributed by atoms with van der Waals surface area (Å²) in [6.45, 7) is 5.36. The Hall–Kier alpha value is -3.09. The van der Waals surface area contributed by atoms with Crippen molar-refractivity contribution in [2.75, 3.05) is 6.61 Å². The van der Waals surface area contributed by atoms with Crippen LogP contribution in [0, 0.1) is 13.8 Å². The van der Waals surface area contributed by atoms with Gasteiger partial charge in [-0.3, -0.25) is 4.79 Å². The molecule has 128 valence electrons. The molecule has 0 aliphatic heterocycles. The van der Waals surface area contributed by atoms with Crippen molar-refractivity contribution in [3.8, 4) is 0 Å². The number of Topliss-reactive ketones (excluding diaryl/α,β-unsaturated/α-hetero) is 1. The van der Waals surface area contributed by atoms with Gasteiger partial charge in [-0.15, -0.1) is 5.10 Å². The number of aryl methyl sites for hydroxylation is 3. The zero-order valence-corrected chi connectivity index (χ0v) is 14.3. The molecule has 0 radical (unpaired) electrons. The molecule has 7 heteroatoms. The van der Waals surface area contributed by atoms with Crippen LogP contribution in [-0.2, 0) is 11.2 Å². The largest absolute Gasteiger partial charge is 0.451 e. The Kier molecular flexibility index (Phi) is 4.56. The lowest BCUT2D eigenvalue weighted by Crippen LogP contribution is -2.15. The molecule has 3 rings (SSSR count). The molecule has 0 saturated heterocycles. The van der Waals surface area contributed by atoms with Gasteiger partial charge in [0.15, 0.2) is 12.4 Å². The van der Waals surface area contributed by atoms with Gasteiger partial charge in [0, 0.05) is 17.0 Å². The maximum absolute atomic E-state index is 12.1. The molecular formula is C18H18N4O3. The van der Waals surface area contributed by atoms with E-state index < -0.39 is 5.97 Å². The topological polar surface area (TPSA) is 86.5 Å². The van der Waals surface area contributed by atoms with Gasteiger partial charge in [0.2, 0.25) is 0 Å². The van der Waals surface area contributed by atoms with E-state index >= 15 is 0 Å². The fourth-order valence-corrected chi connectivity index (χ4v) is 2.46. The highest BCUT2D eigenvalue weighted by atomic mass is 16.5. The fourth-order valence-electron chi connectivity index (χ4n) is 2.46. The lowest BCUT2D eigenvalue weighted by atomic mass is 10.1. The van der Waals surface area contributed by atoms with E-state index in [2.05, 4.69) is 15.1 Å². The Labute approximate surface area is 144 Å². The first-order chi connectivity index (χ1) is 12.0.